The number of anilines is 1. The van der Waals surface area contributed by atoms with Crippen molar-refractivity contribution in [1.82, 2.24) is 9.80 Å². The van der Waals surface area contributed by atoms with Gasteiger partial charge in [-0.15, -0.1) is 0 Å². The lowest BCUT2D eigenvalue weighted by Crippen LogP contribution is -2.49. The lowest BCUT2D eigenvalue weighted by Gasteiger charge is -2.34. The highest BCUT2D eigenvalue weighted by molar-refractivity contribution is 7.92. The standard InChI is InChI=1S/C21H25F2N3O4S/c1-24(18-5-3-4-6-19(18)30-2)31(28,29)17-9-7-16(8-10-17)21(27)26-13-11-25(12-14-26)15-20(22)23/h3-10,20H,11-15H2,1-2H3. The first-order chi connectivity index (χ1) is 14.7. The number of para-hydroxylation sites is 2. The van der Waals surface area contributed by atoms with Gasteiger partial charge in [-0.1, -0.05) is 12.1 Å². The number of alkyl halides is 2. The lowest BCUT2D eigenvalue weighted by molar-refractivity contribution is 0.0459. The van der Waals surface area contributed by atoms with E-state index in [-0.39, 0.29) is 17.3 Å². The van der Waals surface area contributed by atoms with Crippen molar-refractivity contribution in [1.29, 1.82) is 0 Å². The molecule has 1 aliphatic heterocycles. The van der Waals surface area contributed by atoms with Crippen molar-refractivity contribution >= 4 is 21.6 Å². The smallest absolute Gasteiger partial charge is 0.264 e. The summed E-state index contributed by atoms with van der Waals surface area (Å²) in [6, 6.07) is 12.5. The third-order valence-corrected chi connectivity index (χ3v) is 7.03. The van der Waals surface area contributed by atoms with E-state index >= 15 is 0 Å². The molecule has 10 heteroatoms. The third-order valence-electron chi connectivity index (χ3n) is 5.24. The number of piperazine rings is 1. The van der Waals surface area contributed by atoms with Crippen LogP contribution in [-0.4, -0.2) is 77.4 Å². The summed E-state index contributed by atoms with van der Waals surface area (Å²) >= 11 is 0. The summed E-state index contributed by atoms with van der Waals surface area (Å²) in [4.78, 5) is 16.0. The Hall–Kier alpha value is -2.72. The van der Waals surface area contributed by atoms with E-state index in [0.29, 0.717) is 43.2 Å². The molecule has 0 aliphatic carbocycles. The van der Waals surface area contributed by atoms with Gasteiger partial charge in [-0.05, 0) is 36.4 Å². The summed E-state index contributed by atoms with van der Waals surface area (Å²) < 4.78 is 57.4. The third kappa shape index (κ3) is 5.13. The minimum Gasteiger partial charge on any atom is -0.495 e. The van der Waals surface area contributed by atoms with Crippen molar-refractivity contribution in [3.63, 3.8) is 0 Å². The fourth-order valence-corrected chi connectivity index (χ4v) is 4.66. The molecule has 0 radical (unpaired) electrons. The Morgan fingerprint density at radius 1 is 1.06 bits per heavy atom. The van der Waals surface area contributed by atoms with Crippen LogP contribution in [0, 0.1) is 0 Å². The van der Waals surface area contributed by atoms with E-state index < -0.39 is 16.4 Å². The maximum Gasteiger partial charge on any atom is 0.264 e. The number of hydrogen-bond donors (Lipinski definition) is 0. The molecule has 1 heterocycles. The quantitative estimate of drug-likeness (QED) is 0.645. The van der Waals surface area contributed by atoms with E-state index in [1.165, 1.54) is 38.4 Å². The van der Waals surface area contributed by atoms with Crippen LogP contribution in [0.5, 0.6) is 5.75 Å². The Labute approximate surface area is 180 Å². The predicted octanol–water partition coefficient (Wildman–Crippen LogP) is 2.54. The van der Waals surface area contributed by atoms with Crippen LogP contribution >= 0.6 is 0 Å². The largest absolute Gasteiger partial charge is 0.495 e. The van der Waals surface area contributed by atoms with Crippen LogP contribution in [0.15, 0.2) is 53.4 Å². The number of ether oxygens (including phenoxy) is 1. The zero-order valence-corrected chi connectivity index (χ0v) is 18.2. The second-order valence-electron chi connectivity index (χ2n) is 7.15. The van der Waals surface area contributed by atoms with Gasteiger partial charge in [0.1, 0.15) is 5.75 Å². The molecule has 0 spiro atoms. The van der Waals surface area contributed by atoms with Gasteiger partial charge in [-0.3, -0.25) is 14.0 Å². The predicted molar refractivity (Wildman–Crippen MR) is 113 cm³/mol. The maximum absolute atomic E-state index is 13.0. The molecule has 0 bridgehead atoms. The molecule has 1 fully saturated rings. The number of sulfonamides is 1. The van der Waals surface area contributed by atoms with Crippen LogP contribution < -0.4 is 9.04 Å². The second kappa shape index (κ2) is 9.61. The molecule has 1 amide bonds. The maximum atomic E-state index is 13.0. The molecule has 1 saturated heterocycles. The van der Waals surface area contributed by atoms with E-state index in [9.17, 15) is 22.0 Å². The van der Waals surface area contributed by atoms with Gasteiger partial charge >= 0.3 is 0 Å². The number of methoxy groups -OCH3 is 1. The fraction of sp³-hybridized carbons (Fsp3) is 0.381. The van der Waals surface area contributed by atoms with E-state index in [0.717, 1.165) is 4.31 Å². The summed E-state index contributed by atoms with van der Waals surface area (Å²) in [5.41, 5.74) is 0.744. The molecular weight excluding hydrogens is 428 g/mol. The Balaban J connectivity index is 1.71. The molecule has 0 unspecified atom stereocenters. The van der Waals surface area contributed by atoms with Crippen LogP contribution in [0.2, 0.25) is 0 Å². The minimum absolute atomic E-state index is 0.0409. The molecular formula is C21H25F2N3O4S. The van der Waals surface area contributed by atoms with Crippen LogP contribution in [0.4, 0.5) is 14.5 Å². The monoisotopic (exact) mass is 453 g/mol. The summed E-state index contributed by atoms with van der Waals surface area (Å²) in [7, 11) is -0.959. The second-order valence-corrected chi connectivity index (χ2v) is 9.12. The minimum atomic E-state index is -3.86. The van der Waals surface area contributed by atoms with Crippen molar-refractivity contribution in [3.8, 4) is 5.75 Å². The number of hydrogen-bond acceptors (Lipinski definition) is 5. The first-order valence-electron chi connectivity index (χ1n) is 9.76. The number of carbonyl (C=O) groups is 1. The highest BCUT2D eigenvalue weighted by Gasteiger charge is 2.26. The number of nitrogens with zero attached hydrogens (tertiary/aromatic N) is 3. The molecule has 3 rings (SSSR count). The van der Waals surface area contributed by atoms with Gasteiger partial charge in [-0.2, -0.15) is 0 Å². The molecule has 31 heavy (non-hydrogen) atoms. The normalized spacial score (nSPS) is 15.2. The summed E-state index contributed by atoms with van der Waals surface area (Å²) in [6.07, 6.45) is -2.40. The van der Waals surface area contributed by atoms with Crippen molar-refractivity contribution in [2.45, 2.75) is 11.3 Å². The average Bonchev–Trinajstić information content (AvgIpc) is 2.78. The number of halogens is 2. The Bertz CT molecular complexity index is 1010. The van der Waals surface area contributed by atoms with E-state index in [2.05, 4.69) is 0 Å². The molecule has 2 aromatic rings. The summed E-state index contributed by atoms with van der Waals surface area (Å²) in [6.45, 7) is 1.16. The number of benzene rings is 2. The molecule has 168 valence electrons. The number of rotatable bonds is 7. The summed E-state index contributed by atoms with van der Waals surface area (Å²) in [5.74, 6) is 0.171. The van der Waals surface area contributed by atoms with E-state index in [1.807, 2.05) is 0 Å². The molecule has 0 atom stereocenters. The topological polar surface area (TPSA) is 70.2 Å². The van der Waals surface area contributed by atoms with Crippen molar-refractivity contribution < 1.29 is 26.7 Å². The van der Waals surface area contributed by atoms with Crippen LogP contribution in [0.25, 0.3) is 0 Å². The van der Waals surface area contributed by atoms with Gasteiger partial charge in [0.25, 0.3) is 22.4 Å². The van der Waals surface area contributed by atoms with Gasteiger partial charge in [0.05, 0.1) is 24.2 Å². The zero-order chi connectivity index (χ0) is 22.6. The van der Waals surface area contributed by atoms with Gasteiger partial charge in [-0.25, -0.2) is 17.2 Å². The van der Waals surface area contributed by atoms with Crippen molar-refractivity contribution in [2.24, 2.45) is 0 Å². The van der Waals surface area contributed by atoms with E-state index in [4.69, 9.17) is 4.74 Å². The van der Waals surface area contributed by atoms with Crippen molar-refractivity contribution in [2.75, 3.05) is 51.2 Å². The van der Waals surface area contributed by atoms with Crippen molar-refractivity contribution in [3.05, 3.63) is 54.1 Å². The van der Waals surface area contributed by atoms with Crippen LogP contribution in [0.1, 0.15) is 10.4 Å². The highest BCUT2D eigenvalue weighted by Crippen LogP contribution is 2.30. The number of amides is 1. The Kier molecular flexibility index (Phi) is 7.11. The Morgan fingerprint density at radius 2 is 1.68 bits per heavy atom. The zero-order valence-electron chi connectivity index (χ0n) is 17.4. The SMILES string of the molecule is COc1ccccc1N(C)S(=O)(=O)c1ccc(C(=O)N2CCN(CC(F)F)CC2)cc1. The molecule has 0 aromatic heterocycles. The van der Waals surface area contributed by atoms with Gasteiger partial charge in [0.2, 0.25) is 0 Å². The molecule has 0 N–H and O–H groups in total. The van der Waals surface area contributed by atoms with Gasteiger partial charge in [0.15, 0.2) is 0 Å². The fourth-order valence-electron chi connectivity index (χ4n) is 3.46. The van der Waals surface area contributed by atoms with Crippen LogP contribution in [-0.2, 0) is 10.0 Å². The molecule has 1 aliphatic rings. The Morgan fingerprint density at radius 3 is 2.26 bits per heavy atom. The summed E-state index contributed by atoms with van der Waals surface area (Å²) in [5, 5.41) is 0. The average molecular weight is 454 g/mol. The van der Waals surface area contributed by atoms with Crippen LogP contribution in [0.3, 0.4) is 0 Å². The first kappa shape index (κ1) is 23.0. The van der Waals surface area contributed by atoms with Gasteiger partial charge < -0.3 is 9.64 Å². The first-order valence-corrected chi connectivity index (χ1v) is 11.2. The van der Waals surface area contributed by atoms with Gasteiger partial charge in [0, 0.05) is 38.8 Å². The molecule has 0 saturated carbocycles. The van der Waals surface area contributed by atoms with E-state index in [1.54, 1.807) is 34.1 Å². The molecule has 7 nitrogen and oxygen atoms in total. The highest BCUT2D eigenvalue weighted by atomic mass is 32.2. The lowest BCUT2D eigenvalue weighted by atomic mass is 10.2. The molecule has 2 aromatic carbocycles. The number of carbonyl (C=O) groups excluding carboxylic acids is 1.